The standard InChI is InChI=1S/C8H9Cl2N3O/c9-7-3-5(12-8(10)13-7)6-4-11-1-2-14-6/h3,6,11H,1-2,4H2. The lowest BCUT2D eigenvalue weighted by Gasteiger charge is -2.23. The van der Waals surface area contributed by atoms with Gasteiger partial charge in [0.15, 0.2) is 0 Å². The predicted octanol–water partition coefficient (Wildman–Crippen LogP) is 1.44. The van der Waals surface area contributed by atoms with E-state index in [9.17, 15) is 0 Å². The van der Waals surface area contributed by atoms with E-state index in [-0.39, 0.29) is 11.4 Å². The smallest absolute Gasteiger partial charge is 0.224 e. The van der Waals surface area contributed by atoms with Crippen LogP contribution in [-0.4, -0.2) is 29.7 Å². The Morgan fingerprint density at radius 3 is 2.93 bits per heavy atom. The number of rotatable bonds is 1. The maximum absolute atomic E-state index is 5.76. The van der Waals surface area contributed by atoms with Gasteiger partial charge >= 0.3 is 0 Å². The second-order valence-electron chi connectivity index (χ2n) is 2.95. The zero-order chi connectivity index (χ0) is 9.97. The minimum Gasteiger partial charge on any atom is -0.369 e. The average molecular weight is 234 g/mol. The number of ether oxygens (including phenoxy) is 1. The van der Waals surface area contributed by atoms with E-state index in [1.807, 2.05) is 0 Å². The van der Waals surface area contributed by atoms with E-state index in [1.54, 1.807) is 6.07 Å². The summed E-state index contributed by atoms with van der Waals surface area (Å²) in [4.78, 5) is 7.84. The molecular formula is C8H9Cl2N3O. The fourth-order valence-corrected chi connectivity index (χ4v) is 1.75. The molecule has 4 nitrogen and oxygen atoms in total. The molecule has 14 heavy (non-hydrogen) atoms. The molecule has 1 unspecified atom stereocenters. The summed E-state index contributed by atoms with van der Waals surface area (Å²) in [5, 5.41) is 3.70. The van der Waals surface area contributed by atoms with Crippen molar-refractivity contribution >= 4 is 23.2 Å². The van der Waals surface area contributed by atoms with Crippen LogP contribution in [0.15, 0.2) is 6.07 Å². The van der Waals surface area contributed by atoms with E-state index in [2.05, 4.69) is 15.3 Å². The average Bonchev–Trinajstić information content (AvgIpc) is 2.18. The van der Waals surface area contributed by atoms with Crippen molar-refractivity contribution in [1.82, 2.24) is 15.3 Å². The molecule has 2 heterocycles. The van der Waals surface area contributed by atoms with E-state index in [1.165, 1.54) is 0 Å². The number of halogens is 2. The molecular weight excluding hydrogens is 225 g/mol. The van der Waals surface area contributed by atoms with Crippen molar-refractivity contribution in [3.8, 4) is 0 Å². The van der Waals surface area contributed by atoms with Gasteiger partial charge in [0.25, 0.3) is 0 Å². The lowest BCUT2D eigenvalue weighted by Crippen LogP contribution is -2.33. The largest absolute Gasteiger partial charge is 0.369 e. The first kappa shape index (κ1) is 10.1. The minimum atomic E-state index is -0.0817. The third-order valence-electron chi connectivity index (χ3n) is 1.94. The summed E-state index contributed by atoms with van der Waals surface area (Å²) in [6.07, 6.45) is -0.0817. The molecule has 1 aromatic rings. The van der Waals surface area contributed by atoms with Gasteiger partial charge in [-0.15, -0.1) is 0 Å². The van der Waals surface area contributed by atoms with Gasteiger partial charge in [0, 0.05) is 13.1 Å². The highest BCUT2D eigenvalue weighted by atomic mass is 35.5. The lowest BCUT2D eigenvalue weighted by molar-refractivity contribution is 0.0249. The van der Waals surface area contributed by atoms with Crippen LogP contribution in [0.25, 0.3) is 0 Å². The Hall–Kier alpha value is -0.420. The molecule has 1 N–H and O–H groups in total. The minimum absolute atomic E-state index is 0.0817. The normalized spacial score (nSPS) is 22.3. The maximum atomic E-state index is 5.76. The van der Waals surface area contributed by atoms with Gasteiger partial charge in [0.05, 0.1) is 12.3 Å². The molecule has 0 aromatic carbocycles. The summed E-state index contributed by atoms with van der Waals surface area (Å²) in [5.74, 6) is 0. The van der Waals surface area contributed by atoms with Gasteiger partial charge in [0.1, 0.15) is 11.3 Å². The van der Waals surface area contributed by atoms with Gasteiger partial charge in [-0.1, -0.05) is 11.6 Å². The number of aromatic nitrogens is 2. The highest BCUT2D eigenvalue weighted by molar-refractivity contribution is 6.31. The van der Waals surface area contributed by atoms with E-state index in [0.717, 1.165) is 18.8 Å². The van der Waals surface area contributed by atoms with Crippen molar-refractivity contribution in [2.24, 2.45) is 0 Å². The Kier molecular flexibility index (Phi) is 3.18. The van der Waals surface area contributed by atoms with Gasteiger partial charge in [-0.3, -0.25) is 0 Å². The first-order valence-electron chi connectivity index (χ1n) is 4.28. The molecule has 0 radical (unpaired) electrons. The van der Waals surface area contributed by atoms with E-state index >= 15 is 0 Å². The Bertz CT molecular complexity index is 308. The molecule has 6 heteroatoms. The number of hydrogen-bond acceptors (Lipinski definition) is 4. The molecule has 1 aliphatic rings. The van der Waals surface area contributed by atoms with E-state index in [0.29, 0.717) is 11.8 Å². The third kappa shape index (κ3) is 2.33. The van der Waals surface area contributed by atoms with Crippen LogP contribution in [-0.2, 0) is 4.74 Å². The highest BCUT2D eigenvalue weighted by Crippen LogP contribution is 2.20. The van der Waals surface area contributed by atoms with Gasteiger partial charge in [-0.05, 0) is 17.7 Å². The number of hydrogen-bond donors (Lipinski definition) is 1. The number of nitrogens with zero attached hydrogens (tertiary/aromatic N) is 2. The quantitative estimate of drug-likeness (QED) is 0.590. The van der Waals surface area contributed by atoms with Crippen molar-refractivity contribution in [2.75, 3.05) is 19.7 Å². The summed E-state index contributed by atoms with van der Waals surface area (Å²) in [6, 6.07) is 1.67. The predicted molar refractivity (Wildman–Crippen MR) is 53.6 cm³/mol. The van der Waals surface area contributed by atoms with Crippen LogP contribution in [0.3, 0.4) is 0 Å². The number of morpholine rings is 1. The zero-order valence-corrected chi connectivity index (χ0v) is 8.85. The third-order valence-corrected chi connectivity index (χ3v) is 2.31. The second-order valence-corrected chi connectivity index (χ2v) is 3.67. The van der Waals surface area contributed by atoms with Crippen molar-refractivity contribution < 1.29 is 4.74 Å². The van der Waals surface area contributed by atoms with Crippen LogP contribution >= 0.6 is 23.2 Å². The maximum Gasteiger partial charge on any atom is 0.224 e. The highest BCUT2D eigenvalue weighted by Gasteiger charge is 2.18. The van der Waals surface area contributed by atoms with Crippen LogP contribution < -0.4 is 5.32 Å². The van der Waals surface area contributed by atoms with E-state index < -0.39 is 0 Å². The van der Waals surface area contributed by atoms with Crippen LogP contribution in [0.1, 0.15) is 11.8 Å². The van der Waals surface area contributed by atoms with Crippen LogP contribution in [0, 0.1) is 0 Å². The van der Waals surface area contributed by atoms with Gasteiger partial charge < -0.3 is 10.1 Å². The summed E-state index contributed by atoms with van der Waals surface area (Å²) < 4.78 is 5.50. The van der Waals surface area contributed by atoms with Crippen molar-refractivity contribution in [3.05, 3.63) is 22.2 Å². The molecule has 76 valence electrons. The van der Waals surface area contributed by atoms with Crippen LogP contribution in [0.2, 0.25) is 10.4 Å². The fraction of sp³-hybridized carbons (Fsp3) is 0.500. The lowest BCUT2D eigenvalue weighted by atomic mass is 10.2. The second kappa shape index (κ2) is 4.40. The summed E-state index contributed by atoms with van der Waals surface area (Å²) in [7, 11) is 0. The van der Waals surface area contributed by atoms with Gasteiger partial charge in [-0.25, -0.2) is 9.97 Å². The first-order valence-corrected chi connectivity index (χ1v) is 5.03. The zero-order valence-electron chi connectivity index (χ0n) is 7.33. The van der Waals surface area contributed by atoms with Crippen LogP contribution in [0.4, 0.5) is 0 Å². The molecule has 0 aliphatic carbocycles. The molecule has 0 spiro atoms. The fourth-order valence-electron chi connectivity index (χ4n) is 1.33. The summed E-state index contributed by atoms with van der Waals surface area (Å²) in [5.41, 5.74) is 0.724. The molecule has 1 fully saturated rings. The van der Waals surface area contributed by atoms with Crippen molar-refractivity contribution in [1.29, 1.82) is 0 Å². The molecule has 0 bridgehead atoms. The molecule has 1 saturated heterocycles. The van der Waals surface area contributed by atoms with E-state index in [4.69, 9.17) is 27.9 Å². The Morgan fingerprint density at radius 2 is 2.29 bits per heavy atom. The van der Waals surface area contributed by atoms with Crippen LogP contribution in [0.5, 0.6) is 0 Å². The molecule has 0 saturated carbocycles. The van der Waals surface area contributed by atoms with Gasteiger partial charge in [0.2, 0.25) is 5.28 Å². The van der Waals surface area contributed by atoms with Crippen molar-refractivity contribution in [3.63, 3.8) is 0 Å². The molecule has 1 atom stereocenters. The summed E-state index contributed by atoms with van der Waals surface area (Å²) >= 11 is 11.4. The molecule has 2 rings (SSSR count). The first-order chi connectivity index (χ1) is 6.75. The van der Waals surface area contributed by atoms with Gasteiger partial charge in [-0.2, -0.15) is 0 Å². The topological polar surface area (TPSA) is 47.0 Å². The SMILES string of the molecule is Clc1cc(C2CNCCO2)nc(Cl)n1. The van der Waals surface area contributed by atoms with Crippen molar-refractivity contribution in [2.45, 2.75) is 6.10 Å². The Labute approximate surface area is 91.6 Å². The molecule has 1 aromatic heterocycles. The molecule has 0 amide bonds. The Balaban J connectivity index is 2.21. The Morgan fingerprint density at radius 1 is 1.43 bits per heavy atom. The molecule has 1 aliphatic heterocycles. The number of nitrogens with one attached hydrogen (secondary N) is 1. The monoisotopic (exact) mass is 233 g/mol. The summed E-state index contributed by atoms with van der Waals surface area (Å²) in [6.45, 7) is 2.26.